The second kappa shape index (κ2) is 12.2. The normalized spacial score (nSPS) is 15.0. The lowest BCUT2D eigenvalue weighted by Crippen LogP contribution is -2.44. The molecule has 9 nitrogen and oxygen atoms in total. The van der Waals surface area contributed by atoms with Crippen LogP contribution in [0, 0.1) is 0 Å². The van der Waals surface area contributed by atoms with E-state index in [2.05, 4.69) is 20.7 Å². The van der Waals surface area contributed by atoms with Gasteiger partial charge in [-0.05, 0) is 36.4 Å². The first-order valence-electron chi connectivity index (χ1n) is 11.3. The summed E-state index contributed by atoms with van der Waals surface area (Å²) in [5.74, 6) is -2.38. The van der Waals surface area contributed by atoms with Crippen molar-refractivity contribution in [2.75, 3.05) is 11.9 Å². The van der Waals surface area contributed by atoms with E-state index in [1.807, 2.05) is 0 Å². The second-order valence-corrected chi connectivity index (χ2v) is 10.9. The minimum Gasteiger partial charge on any atom is -0.481 e. The lowest BCUT2D eigenvalue weighted by atomic mass is 10.0. The van der Waals surface area contributed by atoms with Crippen LogP contribution >= 0.6 is 35.3 Å². The van der Waals surface area contributed by atoms with E-state index in [-0.39, 0.29) is 43.9 Å². The Labute approximate surface area is 245 Å². The molecule has 1 aromatic carbocycles. The summed E-state index contributed by atoms with van der Waals surface area (Å²) in [4.78, 5) is 44.0. The molecule has 0 spiro atoms. The van der Waals surface area contributed by atoms with Crippen LogP contribution in [0.25, 0.3) is 17.3 Å². The molecular weight excluding hydrogens is 632 g/mol. The molecule has 2 amide bonds. The van der Waals surface area contributed by atoms with Crippen molar-refractivity contribution >= 4 is 68.6 Å². The molecule has 0 radical (unpaired) electrons. The van der Waals surface area contributed by atoms with Gasteiger partial charge in [-0.1, -0.05) is 30.0 Å². The third-order valence-corrected chi connectivity index (χ3v) is 7.36. The zero-order valence-corrected chi connectivity index (χ0v) is 23.0. The molecule has 1 saturated heterocycles. The zero-order chi connectivity index (χ0) is 30.8. The van der Waals surface area contributed by atoms with Crippen LogP contribution in [0.4, 0.5) is 31.5 Å². The average molecular weight is 648 g/mol. The Morgan fingerprint density at radius 2 is 1.71 bits per heavy atom. The van der Waals surface area contributed by atoms with Crippen LogP contribution in [0.3, 0.4) is 0 Å². The summed E-state index contributed by atoms with van der Waals surface area (Å²) in [5.41, 5.74) is -0.752. The fourth-order valence-electron chi connectivity index (χ4n) is 3.45. The molecular formula is C24H15F6N5O4S3. The van der Waals surface area contributed by atoms with Crippen LogP contribution in [-0.4, -0.2) is 48.7 Å². The first kappa shape index (κ1) is 31.1. The Morgan fingerprint density at radius 3 is 2.33 bits per heavy atom. The monoisotopic (exact) mass is 647 g/mol. The second-order valence-electron chi connectivity index (χ2n) is 8.36. The molecule has 4 rings (SSSR count). The number of benzene rings is 1. The maximum absolute atomic E-state index is 13.3. The highest BCUT2D eigenvalue weighted by molar-refractivity contribution is 8.26. The van der Waals surface area contributed by atoms with E-state index in [0.29, 0.717) is 12.1 Å². The third kappa shape index (κ3) is 7.69. The van der Waals surface area contributed by atoms with Gasteiger partial charge in [0.05, 0.1) is 46.1 Å². The Bertz CT molecular complexity index is 1570. The van der Waals surface area contributed by atoms with Gasteiger partial charge in [0, 0.05) is 10.9 Å². The topological polar surface area (TPSA) is 125 Å². The number of carbonyl (C=O) groups is 3. The summed E-state index contributed by atoms with van der Waals surface area (Å²) in [6.45, 7) is -0.418. The van der Waals surface area contributed by atoms with Gasteiger partial charge in [-0.15, -0.1) is 11.3 Å². The highest BCUT2D eigenvalue weighted by atomic mass is 32.2. The molecule has 3 N–H and O–H groups in total. The molecule has 0 saturated carbocycles. The van der Waals surface area contributed by atoms with Gasteiger partial charge in [-0.25, -0.2) is 20.4 Å². The fraction of sp³-hybridized carbons (Fsp3) is 0.167. The number of thioether (sulfide) groups is 1. The molecule has 3 aromatic rings. The number of aromatic nitrogens is 2. The maximum atomic E-state index is 13.3. The van der Waals surface area contributed by atoms with Gasteiger partial charge in [0.1, 0.15) is 0 Å². The van der Waals surface area contributed by atoms with Crippen molar-refractivity contribution in [3.63, 3.8) is 0 Å². The number of nitrogens with one attached hydrogen (secondary N) is 2. The largest absolute Gasteiger partial charge is 0.481 e. The number of rotatable bonds is 8. The van der Waals surface area contributed by atoms with Crippen LogP contribution in [0.15, 0.2) is 46.7 Å². The number of anilines is 1. The van der Waals surface area contributed by atoms with E-state index < -0.39 is 53.4 Å². The van der Waals surface area contributed by atoms with Gasteiger partial charge in [0.2, 0.25) is 5.91 Å². The van der Waals surface area contributed by atoms with E-state index in [0.717, 1.165) is 28.1 Å². The summed E-state index contributed by atoms with van der Waals surface area (Å²) in [7, 11) is 0. The van der Waals surface area contributed by atoms with E-state index in [4.69, 9.17) is 17.3 Å². The number of aliphatic carboxylic acids is 1. The number of hydrogen-bond acceptors (Lipinski definition) is 9. The first-order valence-corrected chi connectivity index (χ1v) is 13.4. The molecule has 0 atom stereocenters. The number of alkyl halides is 6. The highest BCUT2D eigenvalue weighted by Gasteiger charge is 2.37. The van der Waals surface area contributed by atoms with Gasteiger partial charge < -0.3 is 10.4 Å². The number of halogens is 6. The maximum Gasteiger partial charge on any atom is 0.416 e. The number of pyridine rings is 1. The molecule has 2 aromatic heterocycles. The van der Waals surface area contributed by atoms with Crippen molar-refractivity contribution in [2.24, 2.45) is 0 Å². The number of hydrogen-bond donors (Lipinski definition) is 3. The Morgan fingerprint density at radius 1 is 1.05 bits per heavy atom. The van der Waals surface area contributed by atoms with Crippen LogP contribution in [0.1, 0.15) is 22.5 Å². The number of carboxylic acids is 1. The molecule has 1 fully saturated rings. The minimum absolute atomic E-state index is 0.0135. The van der Waals surface area contributed by atoms with Crippen molar-refractivity contribution < 1.29 is 45.8 Å². The highest BCUT2D eigenvalue weighted by Crippen LogP contribution is 2.38. The molecule has 220 valence electrons. The van der Waals surface area contributed by atoms with Crippen molar-refractivity contribution in [1.29, 1.82) is 0 Å². The van der Waals surface area contributed by atoms with Gasteiger partial charge >= 0.3 is 18.3 Å². The number of carboxylic acid groups (broad SMARTS) is 1. The molecule has 0 aliphatic carbocycles. The number of carbonyl (C=O) groups excluding carboxylic acids is 2. The standard InChI is InChI=1S/C24H15F6N5O4S3/c25-23(26,27)12-4-11(5-13(6-12)24(28,29)30)16-3-1-2-14(32-16)7-17-20(39)35(22(40)42-17)31-9-18(36)34-21-33-15(10-41-21)8-19(37)38/h1-7,10,31H,8-9H2,(H,37,38)(H,33,34,36). The van der Waals surface area contributed by atoms with Crippen molar-refractivity contribution in [3.8, 4) is 11.3 Å². The number of thiocarbonyl (C=S) groups is 1. The van der Waals surface area contributed by atoms with Gasteiger partial charge in [0.15, 0.2) is 9.45 Å². The van der Waals surface area contributed by atoms with Crippen molar-refractivity contribution in [3.05, 3.63) is 69.2 Å². The molecule has 0 bridgehead atoms. The molecule has 18 heteroatoms. The molecule has 42 heavy (non-hydrogen) atoms. The summed E-state index contributed by atoms with van der Waals surface area (Å²) >= 11 is 7.01. The number of nitrogens with zero attached hydrogens (tertiary/aromatic N) is 3. The van der Waals surface area contributed by atoms with Crippen LogP contribution in [-0.2, 0) is 33.2 Å². The molecule has 3 heterocycles. The summed E-state index contributed by atoms with van der Waals surface area (Å²) < 4.78 is 79.7. The van der Waals surface area contributed by atoms with E-state index >= 15 is 0 Å². The molecule has 0 unspecified atom stereocenters. The summed E-state index contributed by atoms with van der Waals surface area (Å²) in [5, 5.41) is 13.8. The quantitative estimate of drug-likeness (QED) is 0.172. The van der Waals surface area contributed by atoms with E-state index in [1.54, 1.807) is 0 Å². The van der Waals surface area contributed by atoms with E-state index in [9.17, 15) is 40.7 Å². The van der Waals surface area contributed by atoms with Crippen molar-refractivity contribution in [2.45, 2.75) is 18.8 Å². The van der Waals surface area contributed by atoms with Crippen LogP contribution < -0.4 is 10.7 Å². The average Bonchev–Trinajstić information content (AvgIpc) is 3.43. The molecule has 1 aliphatic rings. The lowest BCUT2D eigenvalue weighted by molar-refractivity contribution is -0.143. The third-order valence-electron chi connectivity index (χ3n) is 5.25. The van der Waals surface area contributed by atoms with Crippen molar-refractivity contribution in [1.82, 2.24) is 20.4 Å². The first-order chi connectivity index (χ1) is 19.6. The van der Waals surface area contributed by atoms with Crippen LogP contribution in [0.2, 0.25) is 0 Å². The zero-order valence-electron chi connectivity index (χ0n) is 20.5. The lowest BCUT2D eigenvalue weighted by Gasteiger charge is -2.15. The van der Waals surface area contributed by atoms with E-state index in [1.165, 1.54) is 29.7 Å². The predicted octanol–water partition coefficient (Wildman–Crippen LogP) is 5.21. The summed E-state index contributed by atoms with van der Waals surface area (Å²) in [6, 6.07) is 5.08. The smallest absolute Gasteiger partial charge is 0.416 e. The molecule has 1 aliphatic heterocycles. The van der Waals surface area contributed by atoms with Gasteiger partial charge in [-0.2, -0.15) is 26.3 Å². The summed E-state index contributed by atoms with van der Waals surface area (Å²) in [6.07, 6.45) is -9.13. The number of thiazole rings is 1. The number of hydrazine groups is 1. The Balaban J connectivity index is 1.48. The SMILES string of the molecule is O=C(O)Cc1csc(NC(=O)CNN2C(=O)C(=Cc3cccc(-c4cc(C(F)(F)F)cc(C(F)(F)F)c4)n3)SC2=S)n1. The fourth-order valence-corrected chi connectivity index (χ4v) is 5.38. The minimum atomic E-state index is -5.03. The predicted molar refractivity (Wildman–Crippen MR) is 145 cm³/mol. The Hall–Kier alpha value is -3.87. The van der Waals surface area contributed by atoms with Crippen LogP contribution in [0.5, 0.6) is 0 Å². The van der Waals surface area contributed by atoms with Gasteiger partial charge in [0.25, 0.3) is 5.91 Å². The Kier molecular flexibility index (Phi) is 9.00. The van der Waals surface area contributed by atoms with Gasteiger partial charge in [-0.3, -0.25) is 14.4 Å². The number of amides is 2.